The molecule has 1 aromatic rings. The van der Waals surface area contributed by atoms with Crippen LogP contribution in [-0.4, -0.2) is 45.4 Å². The number of ether oxygens (including phenoxy) is 2. The highest BCUT2D eigenvalue weighted by Gasteiger charge is 2.37. The Bertz CT molecular complexity index is 1020. The molecule has 0 saturated heterocycles. The molecule has 0 unspecified atom stereocenters. The van der Waals surface area contributed by atoms with Crippen LogP contribution in [0, 0.1) is 23.7 Å². The first-order valence-electron chi connectivity index (χ1n) is 12.5. The molecule has 5 atom stereocenters. The lowest BCUT2D eigenvalue weighted by Gasteiger charge is -2.40. The largest absolute Gasteiger partial charge is 0.463 e. The van der Waals surface area contributed by atoms with Gasteiger partial charge in [0.1, 0.15) is 12.2 Å². The Hall–Kier alpha value is -2.93. The molecule has 7 heteroatoms. The van der Waals surface area contributed by atoms with Crippen LogP contribution in [0.1, 0.15) is 52.7 Å². The van der Waals surface area contributed by atoms with Crippen molar-refractivity contribution in [2.24, 2.45) is 30.7 Å². The molecular weight excluding hydrogens is 444 g/mol. The molecular formula is C28H38N2O5. The standard InChI is InChI=1S/C28H38N2O5/c1-6-34-28(33)25-15-24-22(18(2)3)12-10-19(4)23(24)14-21(8-7-9-26(25)31)35-27(32)13-11-20-16-30(5)17-29-20/h7,9-11,13,15-18,21-24,26,31H,6,8,12,14H2,1-5H3/t21-,22-,23+,24-,26-/m1/s1. The van der Waals surface area contributed by atoms with Gasteiger partial charge in [-0.3, -0.25) is 0 Å². The third-order valence-electron chi connectivity index (χ3n) is 6.95. The Labute approximate surface area is 208 Å². The van der Waals surface area contributed by atoms with Gasteiger partial charge in [-0.05, 0) is 56.4 Å². The predicted octanol–water partition coefficient (Wildman–Crippen LogP) is 4.40. The van der Waals surface area contributed by atoms with Crippen molar-refractivity contribution in [3.8, 4) is 0 Å². The fourth-order valence-corrected chi connectivity index (χ4v) is 5.06. The number of carbonyl (C=O) groups excluding carboxylic acids is 2. The van der Waals surface area contributed by atoms with E-state index in [1.54, 1.807) is 31.5 Å². The molecule has 0 spiro atoms. The quantitative estimate of drug-likeness (QED) is 0.367. The van der Waals surface area contributed by atoms with Gasteiger partial charge in [0, 0.05) is 25.7 Å². The normalized spacial score (nSPS) is 27.2. The monoisotopic (exact) mass is 482 g/mol. The third kappa shape index (κ3) is 7.04. The maximum Gasteiger partial charge on any atom is 0.336 e. The van der Waals surface area contributed by atoms with Gasteiger partial charge in [0.25, 0.3) is 0 Å². The molecule has 2 aliphatic rings. The first-order valence-corrected chi connectivity index (χ1v) is 12.5. The maximum atomic E-state index is 12.7. The number of rotatable bonds is 6. The SMILES string of the molecule is CCOC(=O)C1=C[C@@H]2[C@@H](C(C)C)CC=C(C)[C@@H]2C[C@H](OC(=O)C=Cc2cn(C)cn2)CC=C[C@H]1O. The van der Waals surface area contributed by atoms with Crippen molar-refractivity contribution in [1.82, 2.24) is 9.55 Å². The average Bonchev–Trinajstić information content (AvgIpc) is 3.22. The number of nitrogens with zero attached hydrogens (tertiary/aromatic N) is 2. The molecule has 2 aliphatic carbocycles. The summed E-state index contributed by atoms with van der Waals surface area (Å²) in [6.07, 6.45) is 14.6. The molecule has 0 fully saturated rings. The van der Waals surface area contributed by atoms with Crippen LogP contribution in [-0.2, 0) is 26.1 Å². The highest BCUT2D eigenvalue weighted by atomic mass is 16.5. The minimum absolute atomic E-state index is 0.0193. The van der Waals surface area contributed by atoms with E-state index < -0.39 is 18.0 Å². The van der Waals surface area contributed by atoms with Gasteiger partial charge >= 0.3 is 11.9 Å². The van der Waals surface area contributed by atoms with Crippen molar-refractivity contribution < 1.29 is 24.2 Å². The first kappa shape index (κ1) is 26.7. The van der Waals surface area contributed by atoms with Crippen LogP contribution in [0.15, 0.2) is 54.1 Å². The fraction of sp³-hybridized carbons (Fsp3) is 0.536. The average molecular weight is 483 g/mol. The molecule has 1 aromatic heterocycles. The van der Waals surface area contributed by atoms with Gasteiger partial charge in [-0.15, -0.1) is 0 Å². The summed E-state index contributed by atoms with van der Waals surface area (Å²) in [5.74, 6) is -0.138. The summed E-state index contributed by atoms with van der Waals surface area (Å²) in [7, 11) is 1.87. The van der Waals surface area contributed by atoms with Crippen molar-refractivity contribution in [3.05, 3.63) is 59.7 Å². The zero-order valence-electron chi connectivity index (χ0n) is 21.4. The predicted molar refractivity (Wildman–Crippen MR) is 135 cm³/mol. The lowest BCUT2D eigenvalue weighted by molar-refractivity contribution is -0.143. The van der Waals surface area contributed by atoms with E-state index in [2.05, 4.69) is 31.8 Å². The van der Waals surface area contributed by atoms with Crippen LogP contribution < -0.4 is 0 Å². The highest BCUT2D eigenvalue weighted by Crippen LogP contribution is 2.43. The van der Waals surface area contributed by atoms with E-state index in [0.717, 1.165) is 6.42 Å². The number of fused-ring (bicyclic) bond motifs is 1. The van der Waals surface area contributed by atoms with Gasteiger partial charge in [-0.25, -0.2) is 14.6 Å². The molecule has 0 aromatic carbocycles. The Balaban J connectivity index is 1.89. The zero-order valence-corrected chi connectivity index (χ0v) is 21.4. The Morgan fingerprint density at radius 3 is 2.74 bits per heavy atom. The van der Waals surface area contributed by atoms with Gasteiger partial charge in [0.05, 0.1) is 24.2 Å². The second-order valence-corrected chi connectivity index (χ2v) is 9.82. The van der Waals surface area contributed by atoms with Crippen molar-refractivity contribution in [2.75, 3.05) is 6.61 Å². The molecule has 0 saturated carbocycles. The van der Waals surface area contributed by atoms with Crippen LogP contribution in [0.5, 0.6) is 0 Å². The van der Waals surface area contributed by atoms with Gasteiger partial charge in [0.15, 0.2) is 0 Å². The number of allylic oxidation sites excluding steroid dienone is 3. The fourth-order valence-electron chi connectivity index (χ4n) is 5.06. The topological polar surface area (TPSA) is 90.7 Å². The summed E-state index contributed by atoms with van der Waals surface area (Å²) in [5, 5.41) is 10.9. The molecule has 0 aliphatic heterocycles. The molecule has 7 nitrogen and oxygen atoms in total. The molecule has 0 radical (unpaired) electrons. The van der Waals surface area contributed by atoms with Crippen molar-refractivity contribution in [3.63, 3.8) is 0 Å². The number of hydrogen-bond acceptors (Lipinski definition) is 6. The van der Waals surface area contributed by atoms with E-state index >= 15 is 0 Å². The second-order valence-electron chi connectivity index (χ2n) is 9.82. The van der Waals surface area contributed by atoms with E-state index in [0.29, 0.717) is 30.4 Å². The number of aryl methyl sites for hydroxylation is 1. The minimum Gasteiger partial charge on any atom is -0.463 e. The van der Waals surface area contributed by atoms with Crippen LogP contribution in [0.25, 0.3) is 6.08 Å². The summed E-state index contributed by atoms with van der Waals surface area (Å²) in [4.78, 5) is 29.5. The van der Waals surface area contributed by atoms with E-state index in [9.17, 15) is 14.7 Å². The highest BCUT2D eigenvalue weighted by molar-refractivity contribution is 5.90. The van der Waals surface area contributed by atoms with E-state index in [-0.39, 0.29) is 30.1 Å². The minimum atomic E-state index is -1.08. The first-order chi connectivity index (χ1) is 16.7. The van der Waals surface area contributed by atoms with Crippen molar-refractivity contribution in [1.29, 1.82) is 0 Å². The molecule has 1 N–H and O–H groups in total. The van der Waals surface area contributed by atoms with E-state index in [4.69, 9.17) is 9.47 Å². The number of hydrogen-bond donors (Lipinski definition) is 1. The molecule has 35 heavy (non-hydrogen) atoms. The molecule has 0 bridgehead atoms. The zero-order chi connectivity index (χ0) is 25.5. The number of imidazole rings is 1. The number of aromatic nitrogens is 2. The summed E-state index contributed by atoms with van der Waals surface area (Å²) in [6, 6.07) is 0. The summed E-state index contributed by atoms with van der Waals surface area (Å²) < 4.78 is 12.9. The summed E-state index contributed by atoms with van der Waals surface area (Å²) >= 11 is 0. The molecule has 0 amide bonds. The number of aliphatic hydroxyl groups is 1. The van der Waals surface area contributed by atoms with E-state index in [1.165, 1.54) is 11.6 Å². The molecule has 3 rings (SSSR count). The molecule has 1 heterocycles. The number of esters is 2. The molecule has 190 valence electrons. The van der Waals surface area contributed by atoms with Crippen LogP contribution in [0.4, 0.5) is 0 Å². The van der Waals surface area contributed by atoms with Crippen molar-refractivity contribution in [2.45, 2.75) is 59.2 Å². The lowest BCUT2D eigenvalue weighted by atomic mass is 9.65. The Kier molecular flexibility index (Phi) is 9.26. The van der Waals surface area contributed by atoms with E-state index in [1.807, 2.05) is 23.9 Å². The van der Waals surface area contributed by atoms with Gasteiger partial charge in [-0.2, -0.15) is 0 Å². The van der Waals surface area contributed by atoms with Crippen LogP contribution in [0.2, 0.25) is 0 Å². The van der Waals surface area contributed by atoms with Gasteiger partial charge in [-0.1, -0.05) is 43.7 Å². The van der Waals surface area contributed by atoms with Gasteiger partial charge < -0.3 is 19.1 Å². The Morgan fingerprint density at radius 2 is 2.09 bits per heavy atom. The van der Waals surface area contributed by atoms with Crippen LogP contribution in [0.3, 0.4) is 0 Å². The lowest BCUT2D eigenvalue weighted by Crippen LogP contribution is -2.35. The maximum absolute atomic E-state index is 12.7. The van der Waals surface area contributed by atoms with Crippen molar-refractivity contribution >= 4 is 18.0 Å². The van der Waals surface area contributed by atoms with Gasteiger partial charge in [0.2, 0.25) is 0 Å². The smallest absolute Gasteiger partial charge is 0.336 e. The summed E-state index contributed by atoms with van der Waals surface area (Å²) in [5.41, 5.74) is 2.18. The summed E-state index contributed by atoms with van der Waals surface area (Å²) in [6.45, 7) is 8.48. The van der Waals surface area contributed by atoms with Crippen LogP contribution >= 0.6 is 0 Å². The Morgan fingerprint density at radius 1 is 1.31 bits per heavy atom. The second kappa shape index (κ2) is 12.2. The number of aliphatic hydroxyl groups excluding tert-OH is 1. The number of carbonyl (C=O) groups is 2. The third-order valence-corrected chi connectivity index (χ3v) is 6.95.